The molecule has 2 aromatic heterocycles. The molecule has 1 N–H and O–H groups in total. The van der Waals surface area contributed by atoms with Crippen molar-refractivity contribution in [2.75, 3.05) is 17.9 Å². The van der Waals surface area contributed by atoms with Crippen LogP contribution in [-0.2, 0) is 10.0 Å². The van der Waals surface area contributed by atoms with Gasteiger partial charge in [-0.1, -0.05) is 0 Å². The molecule has 0 saturated carbocycles. The lowest BCUT2D eigenvalue weighted by molar-refractivity contribution is 0.171. The highest BCUT2D eigenvalue weighted by atomic mass is 32.2. The summed E-state index contributed by atoms with van der Waals surface area (Å²) < 4.78 is 44.3. The van der Waals surface area contributed by atoms with Crippen LogP contribution in [-0.4, -0.2) is 26.6 Å². The summed E-state index contributed by atoms with van der Waals surface area (Å²) in [5.74, 6) is 2.20. The molecule has 1 aliphatic rings. The van der Waals surface area contributed by atoms with Gasteiger partial charge in [-0.2, -0.15) is 0 Å². The van der Waals surface area contributed by atoms with Crippen LogP contribution in [0.15, 0.2) is 45.2 Å². The third kappa shape index (κ3) is 3.20. The lowest BCUT2D eigenvalue weighted by Gasteiger charge is -2.19. The summed E-state index contributed by atoms with van der Waals surface area (Å²) in [4.78, 5) is 4.72. The topological polar surface area (TPSA) is 90.7 Å². The first kappa shape index (κ1) is 16.0. The fraction of sp³-hybridized carbons (Fsp3) is 0.188. The van der Waals surface area contributed by atoms with E-state index in [0.717, 1.165) is 11.3 Å². The number of anilines is 1. The van der Waals surface area contributed by atoms with Crippen molar-refractivity contribution >= 4 is 27.0 Å². The number of aryl methyl sites for hydroxylation is 1. The van der Waals surface area contributed by atoms with E-state index < -0.39 is 10.0 Å². The lowest BCUT2D eigenvalue weighted by atomic mass is 10.3. The molecular formula is C16H14N2O5S2. The molecule has 0 atom stereocenters. The molecule has 1 aliphatic heterocycles. The Bertz CT molecular complexity index is 1020. The quantitative estimate of drug-likeness (QED) is 0.749. The second-order valence-electron chi connectivity index (χ2n) is 5.33. The number of oxazole rings is 1. The maximum absolute atomic E-state index is 12.6. The predicted molar refractivity (Wildman–Crippen MR) is 92.8 cm³/mol. The van der Waals surface area contributed by atoms with Crippen molar-refractivity contribution in [2.45, 2.75) is 11.1 Å². The van der Waals surface area contributed by atoms with E-state index in [4.69, 9.17) is 13.9 Å². The van der Waals surface area contributed by atoms with Crippen molar-refractivity contribution < 1.29 is 22.3 Å². The second-order valence-corrected chi connectivity index (χ2v) is 8.32. The Morgan fingerprint density at radius 2 is 1.92 bits per heavy atom. The van der Waals surface area contributed by atoms with Gasteiger partial charge in [0.1, 0.15) is 17.4 Å². The van der Waals surface area contributed by atoms with E-state index >= 15 is 0 Å². The van der Waals surface area contributed by atoms with E-state index in [9.17, 15) is 8.42 Å². The molecule has 4 rings (SSSR count). The van der Waals surface area contributed by atoms with E-state index in [1.165, 1.54) is 6.07 Å². The number of thiophene rings is 1. The van der Waals surface area contributed by atoms with Crippen molar-refractivity contribution in [3.05, 3.63) is 42.4 Å². The van der Waals surface area contributed by atoms with E-state index in [2.05, 4.69) is 9.71 Å². The maximum Gasteiger partial charge on any atom is 0.271 e. The number of fused-ring (bicyclic) bond motifs is 1. The van der Waals surface area contributed by atoms with Crippen LogP contribution in [0, 0.1) is 6.92 Å². The van der Waals surface area contributed by atoms with Crippen molar-refractivity contribution in [3.8, 4) is 22.1 Å². The van der Waals surface area contributed by atoms with E-state index in [1.807, 2.05) is 0 Å². The number of sulfonamides is 1. The molecule has 3 heterocycles. The molecule has 0 amide bonds. The Morgan fingerprint density at radius 1 is 1.12 bits per heavy atom. The number of benzene rings is 1. The number of ether oxygens (including phenoxy) is 2. The summed E-state index contributed by atoms with van der Waals surface area (Å²) in [5.41, 5.74) is 0.412. The van der Waals surface area contributed by atoms with Gasteiger partial charge in [-0.3, -0.25) is 4.72 Å². The van der Waals surface area contributed by atoms with Gasteiger partial charge in [-0.05, 0) is 24.3 Å². The normalized spacial score (nSPS) is 13.6. The second kappa shape index (κ2) is 6.08. The van der Waals surface area contributed by atoms with Crippen molar-refractivity contribution in [1.82, 2.24) is 4.98 Å². The largest absolute Gasteiger partial charge is 0.486 e. The first-order valence-corrected chi connectivity index (χ1v) is 9.76. The summed E-state index contributed by atoms with van der Waals surface area (Å²) in [7, 11) is -3.71. The fourth-order valence-electron chi connectivity index (χ4n) is 2.38. The smallest absolute Gasteiger partial charge is 0.271 e. The highest BCUT2D eigenvalue weighted by molar-refractivity contribution is 7.94. The molecule has 7 nitrogen and oxygen atoms in total. The third-order valence-electron chi connectivity index (χ3n) is 3.50. The molecule has 0 unspecified atom stereocenters. The van der Waals surface area contributed by atoms with Gasteiger partial charge in [-0.15, -0.1) is 11.3 Å². The monoisotopic (exact) mass is 378 g/mol. The molecule has 1 aromatic carbocycles. The summed E-state index contributed by atoms with van der Waals surface area (Å²) in [6.07, 6.45) is 1.58. The Hall–Kier alpha value is -2.52. The SMILES string of the molecule is Cc1ncc(-c2ccc(S(=O)(=O)Nc3ccc4c(c3)OCCO4)s2)o1. The maximum atomic E-state index is 12.6. The zero-order valence-corrected chi connectivity index (χ0v) is 14.8. The molecule has 0 aliphatic carbocycles. The Morgan fingerprint density at radius 3 is 2.68 bits per heavy atom. The zero-order chi connectivity index (χ0) is 17.4. The van der Waals surface area contributed by atoms with Crippen molar-refractivity contribution in [3.63, 3.8) is 0 Å². The molecule has 0 radical (unpaired) electrons. The average molecular weight is 378 g/mol. The molecule has 0 saturated heterocycles. The third-order valence-corrected chi connectivity index (χ3v) is 6.48. The lowest BCUT2D eigenvalue weighted by Crippen LogP contribution is -2.16. The minimum absolute atomic E-state index is 0.187. The molecule has 3 aromatic rings. The molecular weight excluding hydrogens is 364 g/mol. The average Bonchev–Trinajstić information content (AvgIpc) is 3.23. The van der Waals surface area contributed by atoms with Gasteiger partial charge in [0.15, 0.2) is 23.1 Å². The van der Waals surface area contributed by atoms with E-state index in [1.54, 1.807) is 37.4 Å². The molecule has 0 fully saturated rings. The number of hydrogen-bond donors (Lipinski definition) is 1. The first-order chi connectivity index (χ1) is 12.0. The summed E-state index contributed by atoms with van der Waals surface area (Å²) >= 11 is 1.11. The number of nitrogens with zero attached hydrogens (tertiary/aromatic N) is 1. The number of nitrogens with one attached hydrogen (secondary N) is 1. The summed E-state index contributed by atoms with van der Waals surface area (Å²) in [6.45, 7) is 2.66. The summed E-state index contributed by atoms with van der Waals surface area (Å²) in [6, 6.07) is 8.17. The fourth-order valence-corrected chi connectivity index (χ4v) is 4.69. The van der Waals surface area contributed by atoms with Crippen LogP contribution in [0.4, 0.5) is 5.69 Å². The van der Waals surface area contributed by atoms with Crippen molar-refractivity contribution in [2.24, 2.45) is 0 Å². The number of hydrogen-bond acceptors (Lipinski definition) is 7. The van der Waals surface area contributed by atoms with E-state index in [0.29, 0.717) is 46.9 Å². The molecule has 9 heteroatoms. The number of rotatable bonds is 4. The van der Waals surface area contributed by atoms with Crippen LogP contribution < -0.4 is 14.2 Å². The van der Waals surface area contributed by atoms with Gasteiger partial charge in [0.25, 0.3) is 10.0 Å². The minimum Gasteiger partial charge on any atom is -0.486 e. The van der Waals surface area contributed by atoms with Crippen LogP contribution in [0.3, 0.4) is 0 Å². The van der Waals surface area contributed by atoms with Crippen LogP contribution >= 0.6 is 11.3 Å². The Balaban J connectivity index is 1.59. The Kier molecular flexibility index (Phi) is 3.89. The van der Waals surface area contributed by atoms with Crippen LogP contribution in [0.1, 0.15) is 5.89 Å². The zero-order valence-electron chi connectivity index (χ0n) is 13.2. The van der Waals surface area contributed by atoms with Gasteiger partial charge < -0.3 is 13.9 Å². The van der Waals surface area contributed by atoms with Crippen molar-refractivity contribution in [1.29, 1.82) is 0 Å². The standard InChI is InChI=1S/C16H14N2O5S2/c1-10-17-9-14(23-10)15-4-5-16(24-15)25(19,20)18-11-2-3-12-13(8-11)22-7-6-21-12/h2-5,8-9,18H,6-7H2,1H3. The summed E-state index contributed by atoms with van der Waals surface area (Å²) in [5, 5.41) is 0. The van der Waals surface area contributed by atoms with Gasteiger partial charge in [-0.25, -0.2) is 13.4 Å². The van der Waals surface area contributed by atoms with Gasteiger partial charge in [0, 0.05) is 13.0 Å². The predicted octanol–water partition coefficient (Wildman–Crippen LogP) is 3.28. The van der Waals surface area contributed by atoms with Crippen LogP contribution in [0.2, 0.25) is 0 Å². The Labute approximate surface area is 148 Å². The number of aromatic nitrogens is 1. The minimum atomic E-state index is -3.71. The van der Waals surface area contributed by atoms with Gasteiger partial charge in [0.2, 0.25) is 0 Å². The van der Waals surface area contributed by atoms with Gasteiger partial charge >= 0.3 is 0 Å². The highest BCUT2D eigenvalue weighted by Crippen LogP contribution is 2.35. The van der Waals surface area contributed by atoms with Crippen LogP contribution in [0.5, 0.6) is 11.5 Å². The first-order valence-electron chi connectivity index (χ1n) is 7.46. The van der Waals surface area contributed by atoms with Crippen LogP contribution in [0.25, 0.3) is 10.6 Å². The van der Waals surface area contributed by atoms with E-state index in [-0.39, 0.29) is 4.21 Å². The molecule has 25 heavy (non-hydrogen) atoms. The molecule has 0 spiro atoms. The highest BCUT2D eigenvalue weighted by Gasteiger charge is 2.20. The van der Waals surface area contributed by atoms with Gasteiger partial charge in [0.05, 0.1) is 16.8 Å². The molecule has 130 valence electrons. The molecule has 0 bridgehead atoms.